The van der Waals surface area contributed by atoms with Gasteiger partial charge < -0.3 is 4.42 Å². The molecule has 0 amide bonds. The van der Waals surface area contributed by atoms with Gasteiger partial charge in [-0.3, -0.25) is 0 Å². The summed E-state index contributed by atoms with van der Waals surface area (Å²) in [6, 6.07) is 51.8. The van der Waals surface area contributed by atoms with Crippen LogP contribution < -0.4 is 0 Å². The summed E-state index contributed by atoms with van der Waals surface area (Å²) < 4.78 is 6.24. The van der Waals surface area contributed by atoms with Crippen molar-refractivity contribution < 1.29 is 4.42 Å². The smallest absolute Gasteiger partial charge is 0.164 e. The fourth-order valence-electron chi connectivity index (χ4n) is 5.52. The first-order valence-electron chi connectivity index (χ1n) is 14.3. The van der Waals surface area contributed by atoms with Crippen LogP contribution in [0.2, 0.25) is 0 Å². The summed E-state index contributed by atoms with van der Waals surface area (Å²) in [5.41, 5.74) is 9.18. The standard InChI is InChI=1S/C39H25N3O/c1-4-10-26(11-5-1)27-16-18-28(19-17-27)31-20-22-35-33(24-31)34-25-32(21-23-36(34)43-35)39-41-37(29-12-6-2-7-13-29)40-38(42-39)30-14-8-3-9-15-30/h1-25H. The molecule has 43 heavy (non-hydrogen) atoms. The third kappa shape index (κ3) is 4.75. The van der Waals surface area contributed by atoms with E-state index in [1.807, 2.05) is 78.9 Å². The molecule has 0 saturated carbocycles. The first kappa shape index (κ1) is 24.9. The van der Waals surface area contributed by atoms with E-state index in [9.17, 15) is 0 Å². The molecule has 0 aliphatic rings. The molecular formula is C39H25N3O. The molecule has 0 bridgehead atoms. The largest absolute Gasteiger partial charge is 0.456 e. The van der Waals surface area contributed by atoms with Crippen LogP contribution in [-0.2, 0) is 0 Å². The predicted molar refractivity (Wildman–Crippen MR) is 174 cm³/mol. The van der Waals surface area contributed by atoms with Crippen molar-refractivity contribution in [2.75, 3.05) is 0 Å². The summed E-state index contributed by atoms with van der Waals surface area (Å²) in [5.74, 6) is 1.90. The van der Waals surface area contributed by atoms with Gasteiger partial charge in [0.15, 0.2) is 17.5 Å². The van der Waals surface area contributed by atoms with Gasteiger partial charge in [-0.25, -0.2) is 15.0 Å². The fourth-order valence-corrected chi connectivity index (χ4v) is 5.52. The third-order valence-corrected chi connectivity index (χ3v) is 7.75. The number of rotatable bonds is 5. The Balaban J connectivity index is 1.23. The van der Waals surface area contributed by atoms with Crippen molar-refractivity contribution in [3.8, 4) is 56.4 Å². The second kappa shape index (κ2) is 10.5. The van der Waals surface area contributed by atoms with Gasteiger partial charge in [0, 0.05) is 27.5 Å². The molecule has 6 aromatic carbocycles. The Hall–Kier alpha value is -5.87. The van der Waals surface area contributed by atoms with Crippen molar-refractivity contribution >= 4 is 21.9 Å². The summed E-state index contributed by atoms with van der Waals surface area (Å²) in [6.07, 6.45) is 0. The van der Waals surface area contributed by atoms with Crippen LogP contribution in [0.3, 0.4) is 0 Å². The quantitative estimate of drug-likeness (QED) is 0.214. The number of hydrogen-bond acceptors (Lipinski definition) is 4. The highest BCUT2D eigenvalue weighted by Gasteiger charge is 2.15. The highest BCUT2D eigenvalue weighted by molar-refractivity contribution is 6.07. The van der Waals surface area contributed by atoms with Gasteiger partial charge in [-0.15, -0.1) is 0 Å². The van der Waals surface area contributed by atoms with Crippen LogP contribution in [0, 0.1) is 0 Å². The highest BCUT2D eigenvalue weighted by Crippen LogP contribution is 2.35. The van der Waals surface area contributed by atoms with Crippen molar-refractivity contribution in [3.05, 3.63) is 152 Å². The molecule has 4 heteroatoms. The first-order valence-corrected chi connectivity index (χ1v) is 14.3. The van der Waals surface area contributed by atoms with Crippen LogP contribution >= 0.6 is 0 Å². The number of aromatic nitrogens is 3. The van der Waals surface area contributed by atoms with Crippen molar-refractivity contribution in [2.45, 2.75) is 0 Å². The summed E-state index contributed by atoms with van der Waals surface area (Å²) >= 11 is 0. The molecule has 8 rings (SSSR count). The molecule has 0 spiro atoms. The Morgan fingerprint density at radius 1 is 0.302 bits per heavy atom. The van der Waals surface area contributed by atoms with Gasteiger partial charge in [-0.1, -0.05) is 121 Å². The number of nitrogens with zero attached hydrogens (tertiary/aromatic N) is 3. The van der Waals surface area contributed by atoms with Gasteiger partial charge in [0.2, 0.25) is 0 Å². The van der Waals surface area contributed by atoms with Crippen LogP contribution in [0.1, 0.15) is 0 Å². The van der Waals surface area contributed by atoms with Crippen molar-refractivity contribution in [3.63, 3.8) is 0 Å². The Kier molecular flexibility index (Phi) is 6.08. The number of benzene rings is 6. The minimum atomic E-state index is 0.622. The van der Waals surface area contributed by atoms with Gasteiger partial charge in [-0.05, 0) is 52.6 Å². The van der Waals surface area contributed by atoms with E-state index in [0.29, 0.717) is 17.5 Å². The number of hydrogen-bond donors (Lipinski definition) is 0. The van der Waals surface area contributed by atoms with Gasteiger partial charge in [0.1, 0.15) is 11.2 Å². The zero-order valence-corrected chi connectivity index (χ0v) is 23.2. The Morgan fingerprint density at radius 3 is 1.16 bits per heavy atom. The fraction of sp³-hybridized carbons (Fsp3) is 0. The maximum atomic E-state index is 6.24. The zero-order valence-electron chi connectivity index (χ0n) is 23.2. The van der Waals surface area contributed by atoms with E-state index < -0.39 is 0 Å². The zero-order chi connectivity index (χ0) is 28.6. The first-order chi connectivity index (χ1) is 21.3. The molecular weight excluding hydrogens is 526 g/mol. The molecule has 0 aliphatic heterocycles. The maximum absolute atomic E-state index is 6.24. The average Bonchev–Trinajstić information content (AvgIpc) is 3.46. The monoisotopic (exact) mass is 551 g/mol. The van der Waals surface area contributed by atoms with Crippen molar-refractivity contribution in [1.29, 1.82) is 0 Å². The average molecular weight is 552 g/mol. The van der Waals surface area contributed by atoms with Crippen LogP contribution in [0.25, 0.3) is 78.4 Å². The molecule has 2 aromatic heterocycles. The molecule has 0 radical (unpaired) electrons. The topological polar surface area (TPSA) is 51.8 Å². The number of furan rings is 1. The third-order valence-electron chi connectivity index (χ3n) is 7.75. The SMILES string of the molecule is c1ccc(-c2ccc(-c3ccc4oc5ccc(-c6nc(-c7ccccc7)nc(-c7ccccc7)n6)cc5c4c3)cc2)cc1. The second-order valence-corrected chi connectivity index (χ2v) is 10.5. The predicted octanol–water partition coefficient (Wildman–Crippen LogP) is 10.1. The van der Waals surface area contributed by atoms with Crippen LogP contribution in [0.5, 0.6) is 0 Å². The lowest BCUT2D eigenvalue weighted by Gasteiger charge is -2.08. The lowest BCUT2D eigenvalue weighted by atomic mass is 9.99. The number of fused-ring (bicyclic) bond motifs is 3. The van der Waals surface area contributed by atoms with Crippen LogP contribution in [-0.4, -0.2) is 15.0 Å². The second-order valence-electron chi connectivity index (χ2n) is 10.5. The van der Waals surface area contributed by atoms with E-state index in [0.717, 1.165) is 49.8 Å². The van der Waals surface area contributed by atoms with Gasteiger partial charge in [0.05, 0.1) is 0 Å². The maximum Gasteiger partial charge on any atom is 0.164 e. The van der Waals surface area contributed by atoms with Gasteiger partial charge in [0.25, 0.3) is 0 Å². The molecule has 202 valence electrons. The Bertz CT molecular complexity index is 2150. The van der Waals surface area contributed by atoms with E-state index in [-0.39, 0.29) is 0 Å². The molecule has 0 saturated heterocycles. The summed E-state index contributed by atoms with van der Waals surface area (Å²) in [4.78, 5) is 14.7. The molecule has 4 nitrogen and oxygen atoms in total. The molecule has 0 N–H and O–H groups in total. The molecule has 8 aromatic rings. The highest BCUT2D eigenvalue weighted by atomic mass is 16.3. The Morgan fingerprint density at radius 2 is 0.651 bits per heavy atom. The normalized spacial score (nSPS) is 11.3. The lowest BCUT2D eigenvalue weighted by Crippen LogP contribution is -2.00. The van der Waals surface area contributed by atoms with E-state index in [1.54, 1.807) is 0 Å². The summed E-state index contributed by atoms with van der Waals surface area (Å²) in [7, 11) is 0. The lowest BCUT2D eigenvalue weighted by molar-refractivity contribution is 0.669. The van der Waals surface area contributed by atoms with E-state index in [4.69, 9.17) is 19.4 Å². The summed E-state index contributed by atoms with van der Waals surface area (Å²) in [5, 5.41) is 2.08. The van der Waals surface area contributed by atoms with Gasteiger partial charge >= 0.3 is 0 Å². The summed E-state index contributed by atoms with van der Waals surface area (Å²) in [6.45, 7) is 0. The Labute approximate surface area is 249 Å². The minimum absolute atomic E-state index is 0.622. The minimum Gasteiger partial charge on any atom is -0.456 e. The van der Waals surface area contributed by atoms with E-state index in [1.165, 1.54) is 11.1 Å². The molecule has 0 unspecified atom stereocenters. The molecule has 0 fully saturated rings. The van der Waals surface area contributed by atoms with E-state index in [2.05, 4.69) is 72.8 Å². The van der Waals surface area contributed by atoms with Crippen molar-refractivity contribution in [2.24, 2.45) is 0 Å². The van der Waals surface area contributed by atoms with Crippen molar-refractivity contribution in [1.82, 2.24) is 15.0 Å². The van der Waals surface area contributed by atoms with E-state index >= 15 is 0 Å². The molecule has 2 heterocycles. The van der Waals surface area contributed by atoms with Crippen LogP contribution in [0.15, 0.2) is 156 Å². The van der Waals surface area contributed by atoms with Crippen LogP contribution in [0.4, 0.5) is 0 Å². The molecule has 0 aliphatic carbocycles. The van der Waals surface area contributed by atoms with Gasteiger partial charge in [-0.2, -0.15) is 0 Å². The molecule has 0 atom stereocenters.